The molecule has 3 amide bonds. The van der Waals surface area contributed by atoms with Crippen LogP contribution in [0.2, 0.25) is 0 Å². The van der Waals surface area contributed by atoms with Gasteiger partial charge in [0.1, 0.15) is 11.9 Å². The molecule has 0 aromatic heterocycles. The monoisotopic (exact) mass is 410 g/mol. The molecule has 0 radical (unpaired) electrons. The van der Waals surface area contributed by atoms with Gasteiger partial charge in [-0.15, -0.1) is 0 Å². The van der Waals surface area contributed by atoms with E-state index in [0.29, 0.717) is 17.9 Å². The van der Waals surface area contributed by atoms with Crippen LogP contribution in [-0.2, 0) is 14.3 Å². The Balaban J connectivity index is 1.65. The number of benzene rings is 2. The number of ether oxygens (including phenoxy) is 1. The summed E-state index contributed by atoms with van der Waals surface area (Å²) in [6.07, 6.45) is 1.42. The van der Waals surface area contributed by atoms with E-state index in [1.165, 1.54) is 29.2 Å². The van der Waals surface area contributed by atoms with Crippen molar-refractivity contribution in [2.24, 2.45) is 0 Å². The minimum absolute atomic E-state index is 0.111. The fourth-order valence-corrected chi connectivity index (χ4v) is 4.05. The highest BCUT2D eigenvalue weighted by molar-refractivity contribution is 6.23. The first-order chi connectivity index (χ1) is 14.5. The third-order valence-corrected chi connectivity index (χ3v) is 5.64. The van der Waals surface area contributed by atoms with E-state index in [9.17, 15) is 18.8 Å². The zero-order valence-corrected chi connectivity index (χ0v) is 16.7. The molecule has 30 heavy (non-hydrogen) atoms. The van der Waals surface area contributed by atoms with Gasteiger partial charge in [-0.05, 0) is 55.7 Å². The van der Waals surface area contributed by atoms with Crippen LogP contribution in [0.1, 0.15) is 35.2 Å². The quantitative estimate of drug-likeness (QED) is 0.711. The number of aryl methyl sites for hydroxylation is 1. The summed E-state index contributed by atoms with van der Waals surface area (Å²) in [5.74, 6) is -1.64. The molecule has 2 saturated heterocycles. The van der Waals surface area contributed by atoms with Crippen molar-refractivity contribution in [3.8, 4) is 0 Å². The van der Waals surface area contributed by atoms with Crippen LogP contribution in [0.3, 0.4) is 0 Å². The van der Waals surface area contributed by atoms with Gasteiger partial charge in [0.15, 0.2) is 0 Å². The van der Waals surface area contributed by atoms with Crippen molar-refractivity contribution >= 4 is 23.4 Å². The average molecular weight is 410 g/mol. The molecular weight excluding hydrogens is 387 g/mol. The van der Waals surface area contributed by atoms with Gasteiger partial charge in [-0.3, -0.25) is 14.4 Å². The molecule has 4 rings (SSSR count). The smallest absolute Gasteiger partial charge is 0.257 e. The van der Waals surface area contributed by atoms with Crippen LogP contribution in [0.15, 0.2) is 48.5 Å². The molecule has 2 aromatic carbocycles. The van der Waals surface area contributed by atoms with Gasteiger partial charge in [-0.2, -0.15) is 0 Å². The molecule has 2 aliphatic heterocycles. The molecule has 7 heteroatoms. The molecule has 0 aliphatic carbocycles. The first-order valence-corrected chi connectivity index (χ1v) is 10.1. The largest absolute Gasteiger partial charge is 0.376 e. The highest BCUT2D eigenvalue weighted by Gasteiger charge is 2.45. The highest BCUT2D eigenvalue weighted by atomic mass is 19.1. The lowest BCUT2D eigenvalue weighted by atomic mass is 10.0. The Bertz CT molecular complexity index is 969. The zero-order valence-electron chi connectivity index (χ0n) is 16.7. The van der Waals surface area contributed by atoms with E-state index in [4.69, 9.17) is 4.74 Å². The summed E-state index contributed by atoms with van der Waals surface area (Å²) in [5, 5.41) is 0. The van der Waals surface area contributed by atoms with E-state index >= 15 is 0 Å². The van der Waals surface area contributed by atoms with E-state index in [2.05, 4.69) is 0 Å². The maximum atomic E-state index is 13.4. The molecule has 0 N–H and O–H groups in total. The fourth-order valence-electron chi connectivity index (χ4n) is 4.05. The number of carbonyl (C=O) groups excluding carboxylic acids is 3. The summed E-state index contributed by atoms with van der Waals surface area (Å²) in [5.41, 5.74) is 1.59. The van der Waals surface area contributed by atoms with Crippen molar-refractivity contribution in [1.82, 2.24) is 4.90 Å². The number of halogens is 1. The number of nitrogens with zero attached hydrogens (tertiary/aromatic N) is 2. The summed E-state index contributed by atoms with van der Waals surface area (Å²) in [6.45, 7) is 2.70. The van der Waals surface area contributed by atoms with E-state index in [1.807, 2.05) is 19.1 Å². The van der Waals surface area contributed by atoms with Gasteiger partial charge in [-0.25, -0.2) is 9.29 Å². The van der Waals surface area contributed by atoms with Crippen LogP contribution in [0, 0.1) is 12.7 Å². The molecule has 2 aliphatic rings. The number of rotatable bonds is 5. The van der Waals surface area contributed by atoms with Gasteiger partial charge in [0.25, 0.3) is 11.8 Å². The second kappa shape index (κ2) is 8.36. The number of imide groups is 1. The van der Waals surface area contributed by atoms with E-state index < -0.39 is 23.7 Å². The van der Waals surface area contributed by atoms with Crippen LogP contribution in [-0.4, -0.2) is 47.9 Å². The number of hydrogen-bond acceptors (Lipinski definition) is 4. The lowest BCUT2D eigenvalue weighted by Gasteiger charge is -2.30. The summed E-state index contributed by atoms with van der Waals surface area (Å²) in [7, 11) is 0. The van der Waals surface area contributed by atoms with E-state index in [0.717, 1.165) is 23.3 Å². The Kier molecular flexibility index (Phi) is 5.63. The Morgan fingerprint density at radius 3 is 2.57 bits per heavy atom. The Labute approximate surface area is 174 Å². The first kappa shape index (κ1) is 20.2. The summed E-state index contributed by atoms with van der Waals surface area (Å²) < 4.78 is 19.0. The molecule has 2 unspecified atom stereocenters. The van der Waals surface area contributed by atoms with E-state index in [-0.39, 0.29) is 25.0 Å². The second-order valence-electron chi connectivity index (χ2n) is 7.67. The maximum absolute atomic E-state index is 13.4. The van der Waals surface area contributed by atoms with E-state index in [1.54, 1.807) is 12.1 Å². The lowest BCUT2D eigenvalue weighted by molar-refractivity contribution is -0.122. The maximum Gasteiger partial charge on any atom is 0.257 e. The Morgan fingerprint density at radius 1 is 1.17 bits per heavy atom. The molecule has 6 nitrogen and oxygen atoms in total. The van der Waals surface area contributed by atoms with Crippen molar-refractivity contribution in [1.29, 1.82) is 0 Å². The molecule has 2 atom stereocenters. The minimum Gasteiger partial charge on any atom is -0.376 e. The predicted octanol–water partition coefficient (Wildman–Crippen LogP) is 3.09. The van der Waals surface area contributed by atoms with Gasteiger partial charge in [0, 0.05) is 18.7 Å². The molecule has 2 aromatic rings. The fraction of sp³-hybridized carbons (Fsp3) is 0.348. The first-order valence-electron chi connectivity index (χ1n) is 10.1. The summed E-state index contributed by atoms with van der Waals surface area (Å²) in [4.78, 5) is 41.8. The zero-order chi connectivity index (χ0) is 21.3. The molecule has 0 bridgehead atoms. The van der Waals surface area contributed by atoms with Crippen LogP contribution in [0.5, 0.6) is 0 Å². The third kappa shape index (κ3) is 3.85. The standard InChI is InChI=1S/C23H23FN2O4/c1-15-5-2-3-7-19(15)22(28)25(14-18-6-4-12-30-18)20-13-21(27)26(23(20)29)17-10-8-16(24)9-11-17/h2-3,5,7-11,18,20H,4,6,12-14H2,1H3. The number of amides is 3. The van der Waals surface area contributed by atoms with Crippen molar-refractivity contribution in [2.45, 2.75) is 38.3 Å². The third-order valence-electron chi connectivity index (χ3n) is 5.64. The van der Waals surface area contributed by atoms with Crippen LogP contribution >= 0.6 is 0 Å². The molecule has 0 spiro atoms. The normalized spacial score (nSPS) is 21.3. The number of carbonyl (C=O) groups is 3. The molecule has 156 valence electrons. The van der Waals surface area contributed by atoms with Crippen molar-refractivity contribution in [3.63, 3.8) is 0 Å². The topological polar surface area (TPSA) is 66.9 Å². The van der Waals surface area contributed by atoms with Gasteiger partial charge < -0.3 is 9.64 Å². The molecule has 0 saturated carbocycles. The highest BCUT2D eigenvalue weighted by Crippen LogP contribution is 2.28. The average Bonchev–Trinajstić information content (AvgIpc) is 3.35. The SMILES string of the molecule is Cc1ccccc1C(=O)N(CC1CCCO1)C1CC(=O)N(c2ccc(F)cc2)C1=O. The van der Waals surface area contributed by atoms with Crippen LogP contribution < -0.4 is 4.90 Å². The number of hydrogen-bond donors (Lipinski definition) is 0. The van der Waals surface area contributed by atoms with Gasteiger partial charge >= 0.3 is 0 Å². The van der Waals surface area contributed by atoms with Gasteiger partial charge in [-0.1, -0.05) is 18.2 Å². The summed E-state index contributed by atoms with van der Waals surface area (Å²) >= 11 is 0. The van der Waals surface area contributed by atoms with Gasteiger partial charge in [0.05, 0.1) is 18.2 Å². The Morgan fingerprint density at radius 2 is 1.90 bits per heavy atom. The van der Waals surface area contributed by atoms with Crippen LogP contribution in [0.4, 0.5) is 10.1 Å². The molecule has 2 fully saturated rings. The predicted molar refractivity (Wildman–Crippen MR) is 108 cm³/mol. The van der Waals surface area contributed by atoms with Crippen molar-refractivity contribution < 1.29 is 23.5 Å². The molecular formula is C23H23FN2O4. The second-order valence-corrected chi connectivity index (χ2v) is 7.67. The van der Waals surface area contributed by atoms with Crippen LogP contribution in [0.25, 0.3) is 0 Å². The minimum atomic E-state index is -0.918. The van der Waals surface area contributed by atoms with Crippen molar-refractivity contribution in [2.75, 3.05) is 18.1 Å². The Hall–Kier alpha value is -3.06. The molecule has 2 heterocycles. The lowest BCUT2D eigenvalue weighted by Crippen LogP contribution is -2.48. The summed E-state index contributed by atoms with van der Waals surface area (Å²) in [6, 6.07) is 11.4. The number of anilines is 1. The van der Waals surface area contributed by atoms with Crippen molar-refractivity contribution in [3.05, 3.63) is 65.5 Å². The van der Waals surface area contributed by atoms with Gasteiger partial charge in [0.2, 0.25) is 5.91 Å².